The number of ketones is 1. The smallest absolute Gasteiger partial charge is 0.416 e. The second-order valence-corrected chi connectivity index (χ2v) is 10.4. The van der Waals surface area contributed by atoms with Crippen LogP contribution >= 0.6 is 11.8 Å². The third-order valence-electron chi connectivity index (χ3n) is 6.39. The number of esters is 1. The summed E-state index contributed by atoms with van der Waals surface area (Å²) < 4.78 is 44.4. The van der Waals surface area contributed by atoms with E-state index >= 15 is 0 Å². The van der Waals surface area contributed by atoms with E-state index in [9.17, 15) is 32.9 Å². The van der Waals surface area contributed by atoms with Gasteiger partial charge in [0.2, 0.25) is 0 Å². The van der Waals surface area contributed by atoms with Crippen LogP contribution in [0.5, 0.6) is 0 Å². The molecule has 0 unspecified atom stereocenters. The number of rotatable bonds is 7. The molecule has 7 nitrogen and oxygen atoms in total. The molecule has 0 saturated carbocycles. The zero-order chi connectivity index (χ0) is 28.5. The number of benzene rings is 3. The summed E-state index contributed by atoms with van der Waals surface area (Å²) in [6, 6.07) is 16.0. The monoisotopic (exact) mass is 556 g/mol. The summed E-state index contributed by atoms with van der Waals surface area (Å²) in [6.07, 6.45) is -3.30. The van der Waals surface area contributed by atoms with Crippen LogP contribution in [0.3, 0.4) is 0 Å². The van der Waals surface area contributed by atoms with Crippen LogP contribution in [0.2, 0.25) is 0 Å². The average molecular weight is 557 g/mol. The standard InChI is InChI=1S/C28H23F3N2O5S/c1-27(2)20-9-5-6-10-21(20)32(3)25(27)15-18(34)16-38-26(35)19-8-4-7-11-23(19)39-24-13-12-17(28(29,30)31)14-22(24)33(36)37/h4-15H,16H2,1-3H3/b25-15-. The minimum atomic E-state index is -4.75. The van der Waals surface area contributed by atoms with Crippen molar-refractivity contribution in [1.82, 2.24) is 0 Å². The van der Waals surface area contributed by atoms with Gasteiger partial charge >= 0.3 is 12.1 Å². The van der Waals surface area contributed by atoms with E-state index in [2.05, 4.69) is 0 Å². The van der Waals surface area contributed by atoms with Crippen LogP contribution < -0.4 is 4.90 Å². The Hall–Kier alpha value is -4.12. The predicted octanol–water partition coefficient (Wildman–Crippen LogP) is 6.80. The van der Waals surface area contributed by atoms with E-state index in [4.69, 9.17) is 4.74 Å². The maximum Gasteiger partial charge on any atom is 0.416 e. The van der Waals surface area contributed by atoms with Crippen LogP contribution in [0.25, 0.3) is 0 Å². The fourth-order valence-corrected chi connectivity index (χ4v) is 5.45. The molecule has 0 N–H and O–H groups in total. The molecule has 0 saturated heterocycles. The number of carbonyl (C=O) groups is 2. The number of likely N-dealkylation sites (N-methyl/N-ethyl adjacent to an activating group) is 1. The molecule has 0 atom stereocenters. The number of alkyl halides is 3. The maximum atomic E-state index is 13.0. The van der Waals surface area contributed by atoms with Crippen molar-refractivity contribution < 1.29 is 32.4 Å². The second kappa shape index (κ2) is 10.6. The Morgan fingerprint density at radius 2 is 1.72 bits per heavy atom. The van der Waals surface area contributed by atoms with Crippen LogP contribution in [0, 0.1) is 10.1 Å². The van der Waals surface area contributed by atoms with E-state index in [1.807, 2.05) is 50.1 Å². The SMILES string of the molecule is CN1/C(=C\C(=O)COC(=O)c2ccccc2Sc2ccc(C(F)(F)F)cc2[N+](=O)[O-])C(C)(C)c2ccccc21. The van der Waals surface area contributed by atoms with Crippen molar-refractivity contribution in [3.8, 4) is 0 Å². The molecule has 4 rings (SSSR count). The second-order valence-electron chi connectivity index (χ2n) is 9.31. The van der Waals surface area contributed by atoms with Gasteiger partial charge in [0.15, 0.2) is 12.4 Å². The van der Waals surface area contributed by atoms with Crippen LogP contribution in [-0.2, 0) is 21.1 Å². The minimum Gasteiger partial charge on any atom is -0.454 e. The first-order valence-corrected chi connectivity index (χ1v) is 12.5. The first-order valence-electron chi connectivity index (χ1n) is 11.7. The van der Waals surface area contributed by atoms with Crippen LogP contribution in [-0.4, -0.2) is 30.3 Å². The van der Waals surface area contributed by atoms with Gasteiger partial charge in [-0.15, -0.1) is 0 Å². The number of nitro groups is 1. The fourth-order valence-electron chi connectivity index (χ4n) is 4.43. The molecule has 3 aromatic carbocycles. The highest BCUT2D eigenvalue weighted by atomic mass is 32.2. The largest absolute Gasteiger partial charge is 0.454 e. The Labute approximate surface area is 226 Å². The number of allylic oxidation sites excluding steroid dienone is 1. The average Bonchev–Trinajstić information content (AvgIpc) is 3.07. The number of carbonyl (C=O) groups excluding carboxylic acids is 2. The number of nitrogens with zero attached hydrogens (tertiary/aromatic N) is 2. The molecule has 3 aromatic rings. The van der Waals surface area contributed by atoms with Gasteiger partial charge in [-0.05, 0) is 35.9 Å². The van der Waals surface area contributed by atoms with E-state index in [-0.39, 0.29) is 15.4 Å². The minimum absolute atomic E-state index is 0.0165. The molecule has 0 bridgehead atoms. The Balaban J connectivity index is 1.51. The van der Waals surface area contributed by atoms with E-state index in [1.165, 1.54) is 18.2 Å². The molecule has 0 aromatic heterocycles. The fraction of sp³-hybridized carbons (Fsp3) is 0.214. The molecule has 1 aliphatic heterocycles. The summed E-state index contributed by atoms with van der Waals surface area (Å²) in [5, 5.41) is 11.5. The van der Waals surface area contributed by atoms with Crippen LogP contribution in [0.4, 0.5) is 24.5 Å². The summed E-state index contributed by atoms with van der Waals surface area (Å²) >= 11 is 0.757. The highest BCUT2D eigenvalue weighted by Crippen LogP contribution is 2.46. The van der Waals surface area contributed by atoms with E-state index in [1.54, 1.807) is 12.1 Å². The topological polar surface area (TPSA) is 89.8 Å². The quantitative estimate of drug-likeness (QED) is 0.137. The number of nitro benzene ring substituents is 1. The van der Waals surface area contributed by atoms with E-state index < -0.39 is 46.1 Å². The lowest BCUT2D eigenvalue weighted by atomic mass is 9.83. The van der Waals surface area contributed by atoms with Gasteiger partial charge in [-0.3, -0.25) is 14.9 Å². The van der Waals surface area contributed by atoms with Crippen LogP contribution in [0.1, 0.15) is 35.3 Å². The molecule has 1 aliphatic rings. The highest BCUT2D eigenvalue weighted by molar-refractivity contribution is 7.99. The normalized spacial score (nSPS) is 15.2. The van der Waals surface area contributed by atoms with E-state index in [0.717, 1.165) is 40.8 Å². The number of fused-ring (bicyclic) bond motifs is 1. The third kappa shape index (κ3) is 5.68. The first kappa shape index (κ1) is 27.9. The van der Waals surface area contributed by atoms with Gasteiger partial charge in [-0.2, -0.15) is 13.2 Å². The molecule has 0 fully saturated rings. The van der Waals surface area contributed by atoms with Gasteiger partial charge in [0.25, 0.3) is 5.69 Å². The summed E-state index contributed by atoms with van der Waals surface area (Å²) in [5.74, 6) is -1.28. The predicted molar refractivity (Wildman–Crippen MR) is 140 cm³/mol. The zero-order valence-corrected chi connectivity index (χ0v) is 21.9. The Morgan fingerprint density at radius 1 is 1.05 bits per heavy atom. The zero-order valence-electron chi connectivity index (χ0n) is 21.1. The summed E-state index contributed by atoms with van der Waals surface area (Å²) in [7, 11) is 1.85. The number of halogens is 3. The maximum absolute atomic E-state index is 13.0. The lowest BCUT2D eigenvalue weighted by Gasteiger charge is -2.23. The molecule has 202 valence electrons. The van der Waals surface area contributed by atoms with Gasteiger partial charge in [-0.25, -0.2) is 4.79 Å². The number of para-hydroxylation sites is 1. The van der Waals surface area contributed by atoms with Crippen LogP contribution in [0.15, 0.2) is 88.3 Å². The molecular weight excluding hydrogens is 533 g/mol. The third-order valence-corrected chi connectivity index (χ3v) is 7.53. The summed E-state index contributed by atoms with van der Waals surface area (Å²) in [6.45, 7) is 3.45. The number of ether oxygens (including phenoxy) is 1. The lowest BCUT2D eigenvalue weighted by molar-refractivity contribution is -0.388. The Bertz CT molecular complexity index is 1500. The Kier molecular flexibility index (Phi) is 7.56. The molecule has 11 heteroatoms. The molecule has 0 aliphatic carbocycles. The lowest BCUT2D eigenvalue weighted by Crippen LogP contribution is -2.25. The van der Waals surface area contributed by atoms with Crippen molar-refractivity contribution in [2.24, 2.45) is 0 Å². The molecule has 39 heavy (non-hydrogen) atoms. The molecule has 0 radical (unpaired) electrons. The molecule has 0 amide bonds. The molecule has 1 heterocycles. The molecule has 0 spiro atoms. The highest BCUT2D eigenvalue weighted by Gasteiger charge is 2.38. The van der Waals surface area contributed by atoms with Crippen molar-refractivity contribution in [3.63, 3.8) is 0 Å². The van der Waals surface area contributed by atoms with Crippen molar-refractivity contribution in [1.29, 1.82) is 0 Å². The van der Waals surface area contributed by atoms with Crippen molar-refractivity contribution in [2.75, 3.05) is 18.6 Å². The van der Waals surface area contributed by atoms with Gasteiger partial charge < -0.3 is 9.64 Å². The van der Waals surface area contributed by atoms with Crippen molar-refractivity contribution in [3.05, 3.63) is 105 Å². The van der Waals surface area contributed by atoms with Gasteiger partial charge in [0.1, 0.15) is 0 Å². The number of hydrogen-bond donors (Lipinski definition) is 0. The number of anilines is 1. The van der Waals surface area contributed by atoms with Gasteiger partial charge in [-0.1, -0.05) is 55.9 Å². The van der Waals surface area contributed by atoms with Crippen molar-refractivity contribution >= 4 is 34.9 Å². The Morgan fingerprint density at radius 3 is 2.38 bits per heavy atom. The first-order chi connectivity index (χ1) is 18.3. The van der Waals surface area contributed by atoms with E-state index in [0.29, 0.717) is 6.07 Å². The van der Waals surface area contributed by atoms with Crippen molar-refractivity contribution in [2.45, 2.75) is 35.2 Å². The molecular formula is C28H23F3N2O5S. The van der Waals surface area contributed by atoms with Gasteiger partial charge in [0.05, 0.1) is 20.9 Å². The summed E-state index contributed by atoms with van der Waals surface area (Å²) in [5.41, 5.74) is 0.457. The summed E-state index contributed by atoms with van der Waals surface area (Å²) in [4.78, 5) is 38.2. The number of hydrogen-bond acceptors (Lipinski definition) is 7. The van der Waals surface area contributed by atoms with Gasteiger partial charge in [0, 0.05) is 40.9 Å².